The van der Waals surface area contributed by atoms with Crippen LogP contribution in [0, 0.1) is 6.92 Å². The molecule has 0 saturated heterocycles. The lowest BCUT2D eigenvalue weighted by atomic mass is 10.0. The topological polar surface area (TPSA) is 107 Å². The summed E-state index contributed by atoms with van der Waals surface area (Å²) in [6.07, 6.45) is 0. The van der Waals surface area contributed by atoms with Crippen LogP contribution in [0.15, 0.2) is 45.2 Å². The van der Waals surface area contributed by atoms with Gasteiger partial charge in [-0.2, -0.15) is 9.97 Å². The molecule has 2 aromatic carbocycles. The van der Waals surface area contributed by atoms with E-state index in [2.05, 4.69) is 15.3 Å². The summed E-state index contributed by atoms with van der Waals surface area (Å²) in [5.74, 6) is -0.777. The standard InChI is InChI=1S/C18H16N4O3/c1-9-3-5-12-15(7-9)25-17(20-12)22-18-21-13-8-11(10(2)16(19)23)4-6-14(13)24-18/h3-8,10H,1-2H3,(H2,19,23)(H,20,21,22). The maximum atomic E-state index is 11.3. The fourth-order valence-electron chi connectivity index (χ4n) is 2.61. The largest absolute Gasteiger partial charge is 0.423 e. The average molecular weight is 336 g/mol. The predicted octanol–water partition coefficient (Wildman–Crippen LogP) is 3.61. The lowest BCUT2D eigenvalue weighted by molar-refractivity contribution is -0.119. The highest BCUT2D eigenvalue weighted by atomic mass is 16.4. The summed E-state index contributed by atoms with van der Waals surface area (Å²) in [6.45, 7) is 3.74. The maximum absolute atomic E-state index is 11.3. The fraction of sp³-hybridized carbons (Fsp3) is 0.167. The summed E-state index contributed by atoms with van der Waals surface area (Å²) in [5, 5.41) is 2.93. The zero-order valence-electron chi connectivity index (χ0n) is 13.7. The molecule has 1 atom stereocenters. The van der Waals surface area contributed by atoms with Crippen molar-refractivity contribution in [1.82, 2.24) is 9.97 Å². The third kappa shape index (κ3) is 2.80. The number of benzene rings is 2. The Bertz CT molecular complexity index is 1100. The first kappa shape index (κ1) is 15.2. The Labute approximate surface area is 142 Å². The van der Waals surface area contributed by atoms with Gasteiger partial charge in [-0.25, -0.2) is 0 Å². The van der Waals surface area contributed by atoms with Gasteiger partial charge in [0.2, 0.25) is 5.91 Å². The van der Waals surface area contributed by atoms with Crippen LogP contribution in [-0.2, 0) is 4.79 Å². The van der Waals surface area contributed by atoms with Gasteiger partial charge in [0.1, 0.15) is 11.0 Å². The van der Waals surface area contributed by atoms with E-state index in [-0.39, 0.29) is 11.9 Å². The molecule has 7 nitrogen and oxygen atoms in total. The van der Waals surface area contributed by atoms with Gasteiger partial charge in [0.15, 0.2) is 11.2 Å². The van der Waals surface area contributed by atoms with Crippen LogP contribution in [0.1, 0.15) is 24.0 Å². The Balaban J connectivity index is 1.65. The van der Waals surface area contributed by atoms with Crippen molar-refractivity contribution in [3.8, 4) is 0 Å². The molecule has 0 saturated carbocycles. The van der Waals surface area contributed by atoms with Gasteiger partial charge < -0.3 is 14.6 Å². The molecular formula is C18H16N4O3. The molecule has 0 radical (unpaired) electrons. The summed E-state index contributed by atoms with van der Waals surface area (Å²) in [6, 6.07) is 11.7. The number of aryl methyl sites for hydroxylation is 1. The number of oxazole rings is 2. The number of hydrogen-bond donors (Lipinski definition) is 2. The predicted molar refractivity (Wildman–Crippen MR) is 93.6 cm³/mol. The smallest absolute Gasteiger partial charge is 0.303 e. The number of primary amides is 1. The number of fused-ring (bicyclic) bond motifs is 2. The number of amides is 1. The molecule has 0 aliphatic heterocycles. The Morgan fingerprint density at radius 3 is 2.52 bits per heavy atom. The van der Waals surface area contributed by atoms with Crippen molar-refractivity contribution in [2.24, 2.45) is 5.73 Å². The van der Waals surface area contributed by atoms with Crippen molar-refractivity contribution >= 4 is 40.1 Å². The minimum absolute atomic E-state index is 0.266. The van der Waals surface area contributed by atoms with Crippen molar-refractivity contribution < 1.29 is 13.6 Å². The number of hydrogen-bond acceptors (Lipinski definition) is 6. The number of rotatable bonds is 4. The minimum atomic E-state index is -0.391. The van der Waals surface area contributed by atoms with Gasteiger partial charge in [-0.1, -0.05) is 12.1 Å². The van der Waals surface area contributed by atoms with E-state index in [9.17, 15) is 4.79 Å². The van der Waals surface area contributed by atoms with Crippen molar-refractivity contribution in [3.63, 3.8) is 0 Å². The van der Waals surface area contributed by atoms with Crippen LogP contribution in [-0.4, -0.2) is 15.9 Å². The van der Waals surface area contributed by atoms with Crippen molar-refractivity contribution in [2.45, 2.75) is 19.8 Å². The van der Waals surface area contributed by atoms with E-state index in [1.807, 2.05) is 25.1 Å². The Morgan fingerprint density at radius 2 is 1.76 bits per heavy atom. The highest BCUT2D eigenvalue weighted by Crippen LogP contribution is 2.27. The monoisotopic (exact) mass is 336 g/mol. The zero-order valence-corrected chi connectivity index (χ0v) is 13.7. The molecule has 2 heterocycles. The molecule has 0 aliphatic rings. The molecule has 4 aromatic rings. The lowest BCUT2D eigenvalue weighted by Crippen LogP contribution is -2.18. The minimum Gasteiger partial charge on any atom is -0.423 e. The summed E-state index contributed by atoms with van der Waals surface area (Å²) in [5.41, 5.74) is 9.89. The van der Waals surface area contributed by atoms with E-state index in [4.69, 9.17) is 14.6 Å². The number of anilines is 2. The number of carbonyl (C=O) groups excluding carboxylic acids is 1. The molecule has 3 N–H and O–H groups in total. The third-order valence-electron chi connectivity index (χ3n) is 4.10. The van der Waals surface area contributed by atoms with Gasteiger partial charge in [0.25, 0.3) is 0 Å². The summed E-state index contributed by atoms with van der Waals surface area (Å²) >= 11 is 0. The molecule has 2 aromatic heterocycles. The Hall–Kier alpha value is -3.35. The Kier molecular flexibility index (Phi) is 3.42. The van der Waals surface area contributed by atoms with E-state index >= 15 is 0 Å². The second kappa shape index (κ2) is 5.62. The van der Waals surface area contributed by atoms with Gasteiger partial charge in [-0.3, -0.25) is 10.1 Å². The highest BCUT2D eigenvalue weighted by molar-refractivity contribution is 5.84. The number of nitrogens with two attached hydrogens (primary N) is 1. The van der Waals surface area contributed by atoms with E-state index in [0.717, 1.165) is 16.6 Å². The number of carbonyl (C=O) groups is 1. The maximum Gasteiger partial charge on any atom is 0.303 e. The molecule has 7 heteroatoms. The van der Waals surface area contributed by atoms with Gasteiger partial charge in [0, 0.05) is 0 Å². The van der Waals surface area contributed by atoms with Crippen LogP contribution in [0.25, 0.3) is 22.2 Å². The van der Waals surface area contributed by atoms with Gasteiger partial charge in [0.05, 0.1) is 5.92 Å². The first-order valence-electron chi connectivity index (χ1n) is 7.83. The molecule has 0 spiro atoms. The highest BCUT2D eigenvalue weighted by Gasteiger charge is 2.15. The van der Waals surface area contributed by atoms with Crippen LogP contribution in [0.4, 0.5) is 12.0 Å². The fourth-order valence-corrected chi connectivity index (χ4v) is 2.61. The van der Waals surface area contributed by atoms with Crippen LogP contribution in [0.5, 0.6) is 0 Å². The summed E-state index contributed by atoms with van der Waals surface area (Å²) < 4.78 is 11.3. The summed E-state index contributed by atoms with van der Waals surface area (Å²) in [4.78, 5) is 20.1. The second-order valence-electron chi connectivity index (χ2n) is 5.99. The van der Waals surface area contributed by atoms with E-state index < -0.39 is 5.92 Å². The van der Waals surface area contributed by atoms with Crippen LogP contribution in [0.3, 0.4) is 0 Å². The quantitative estimate of drug-likeness (QED) is 0.589. The molecule has 1 amide bonds. The van der Waals surface area contributed by atoms with Gasteiger partial charge in [-0.05, 0) is 49.2 Å². The summed E-state index contributed by atoms with van der Waals surface area (Å²) in [7, 11) is 0. The van der Waals surface area contributed by atoms with Crippen molar-refractivity contribution in [1.29, 1.82) is 0 Å². The molecule has 126 valence electrons. The van der Waals surface area contributed by atoms with E-state index in [0.29, 0.717) is 22.7 Å². The molecule has 25 heavy (non-hydrogen) atoms. The van der Waals surface area contributed by atoms with Crippen LogP contribution >= 0.6 is 0 Å². The number of nitrogens with zero attached hydrogens (tertiary/aromatic N) is 2. The molecule has 4 rings (SSSR count). The second-order valence-corrected chi connectivity index (χ2v) is 5.99. The lowest BCUT2D eigenvalue weighted by Gasteiger charge is -2.05. The zero-order chi connectivity index (χ0) is 17.6. The van der Waals surface area contributed by atoms with E-state index in [1.165, 1.54) is 0 Å². The first-order valence-corrected chi connectivity index (χ1v) is 7.83. The van der Waals surface area contributed by atoms with Crippen molar-refractivity contribution in [3.05, 3.63) is 47.5 Å². The molecule has 1 unspecified atom stereocenters. The molecule has 0 aliphatic carbocycles. The van der Waals surface area contributed by atoms with Crippen LogP contribution in [0.2, 0.25) is 0 Å². The third-order valence-corrected chi connectivity index (χ3v) is 4.10. The van der Waals surface area contributed by atoms with E-state index in [1.54, 1.807) is 25.1 Å². The average Bonchev–Trinajstić information content (AvgIpc) is 3.15. The van der Waals surface area contributed by atoms with Crippen LogP contribution < -0.4 is 11.1 Å². The van der Waals surface area contributed by atoms with Gasteiger partial charge >= 0.3 is 12.0 Å². The SMILES string of the molecule is Cc1ccc2nc(Nc3nc4cc(C(C)C(N)=O)ccc4o3)oc2c1. The number of aromatic nitrogens is 2. The normalized spacial score (nSPS) is 12.6. The molecule has 0 fully saturated rings. The van der Waals surface area contributed by atoms with Gasteiger partial charge in [-0.15, -0.1) is 0 Å². The Morgan fingerprint density at radius 1 is 1.04 bits per heavy atom. The first-order chi connectivity index (χ1) is 12.0. The molecule has 0 bridgehead atoms. The van der Waals surface area contributed by atoms with Crippen molar-refractivity contribution in [2.75, 3.05) is 5.32 Å². The molecular weight excluding hydrogens is 320 g/mol. The number of nitrogens with one attached hydrogen (secondary N) is 1.